The number of nitrogens with zero attached hydrogens (tertiary/aromatic N) is 1. The van der Waals surface area contributed by atoms with Gasteiger partial charge >= 0.3 is 0 Å². The summed E-state index contributed by atoms with van der Waals surface area (Å²) >= 11 is 0. The average Bonchev–Trinajstić information content (AvgIpc) is 3.13. The molecule has 0 aliphatic carbocycles. The summed E-state index contributed by atoms with van der Waals surface area (Å²) in [5.74, 6) is 3.22. The summed E-state index contributed by atoms with van der Waals surface area (Å²) < 4.78 is 16.4. The fourth-order valence-electron chi connectivity index (χ4n) is 2.68. The van der Waals surface area contributed by atoms with Gasteiger partial charge in [0.2, 0.25) is 6.79 Å². The first-order valence-corrected chi connectivity index (χ1v) is 8.91. The third-order valence-corrected chi connectivity index (χ3v) is 3.92. The van der Waals surface area contributed by atoms with Crippen molar-refractivity contribution in [1.82, 2.24) is 10.6 Å². The van der Waals surface area contributed by atoms with Gasteiger partial charge in [0, 0.05) is 18.7 Å². The van der Waals surface area contributed by atoms with Crippen molar-refractivity contribution in [2.45, 2.75) is 26.9 Å². The van der Waals surface area contributed by atoms with Crippen LogP contribution in [0.4, 0.5) is 0 Å². The van der Waals surface area contributed by atoms with Gasteiger partial charge in [0.1, 0.15) is 5.75 Å². The predicted molar refractivity (Wildman–Crippen MR) is 117 cm³/mol. The van der Waals surface area contributed by atoms with E-state index in [1.165, 1.54) is 0 Å². The van der Waals surface area contributed by atoms with Crippen LogP contribution in [-0.2, 0) is 13.1 Å². The molecular weight excluding hydrogens is 457 g/mol. The first-order valence-electron chi connectivity index (χ1n) is 8.91. The molecule has 2 aromatic carbocycles. The average molecular weight is 483 g/mol. The van der Waals surface area contributed by atoms with Gasteiger partial charge in [-0.05, 0) is 37.6 Å². The molecule has 6 nitrogen and oxygen atoms in total. The van der Waals surface area contributed by atoms with E-state index in [0.29, 0.717) is 19.7 Å². The Morgan fingerprint density at radius 2 is 1.89 bits per heavy atom. The minimum atomic E-state index is 0. The number of para-hydroxylation sites is 1. The molecule has 0 saturated heterocycles. The van der Waals surface area contributed by atoms with Gasteiger partial charge < -0.3 is 24.8 Å². The second-order valence-corrected chi connectivity index (χ2v) is 5.78. The Morgan fingerprint density at radius 1 is 1.07 bits per heavy atom. The Hall–Kier alpha value is -2.16. The third-order valence-electron chi connectivity index (χ3n) is 3.92. The van der Waals surface area contributed by atoms with Crippen molar-refractivity contribution in [1.29, 1.82) is 0 Å². The molecule has 27 heavy (non-hydrogen) atoms. The quantitative estimate of drug-likeness (QED) is 0.358. The standard InChI is InChI=1S/C20H25N3O3.HI/c1-3-21-20(23-13-16-7-5-6-8-17(16)24-4-2)22-12-15-9-10-18-19(11-15)26-14-25-18;/h5-11H,3-4,12-14H2,1-2H3,(H2,21,22,23);1H. The number of rotatable bonds is 7. The molecule has 2 N–H and O–H groups in total. The molecule has 0 amide bonds. The Kier molecular flexibility index (Phi) is 8.50. The van der Waals surface area contributed by atoms with Crippen LogP contribution in [0.2, 0.25) is 0 Å². The number of guanidine groups is 1. The van der Waals surface area contributed by atoms with Crippen molar-refractivity contribution in [3.8, 4) is 17.2 Å². The second kappa shape index (κ2) is 10.9. The molecule has 0 bridgehead atoms. The summed E-state index contributed by atoms with van der Waals surface area (Å²) in [6.07, 6.45) is 0. The molecule has 146 valence electrons. The van der Waals surface area contributed by atoms with Crippen molar-refractivity contribution < 1.29 is 14.2 Å². The Bertz CT molecular complexity index is 768. The highest BCUT2D eigenvalue weighted by molar-refractivity contribution is 14.0. The fourth-order valence-corrected chi connectivity index (χ4v) is 2.68. The zero-order valence-electron chi connectivity index (χ0n) is 15.7. The normalized spacial score (nSPS) is 12.3. The van der Waals surface area contributed by atoms with E-state index >= 15 is 0 Å². The van der Waals surface area contributed by atoms with E-state index in [2.05, 4.69) is 21.7 Å². The fraction of sp³-hybridized carbons (Fsp3) is 0.350. The zero-order chi connectivity index (χ0) is 18.2. The van der Waals surface area contributed by atoms with Crippen LogP contribution in [0.15, 0.2) is 47.5 Å². The van der Waals surface area contributed by atoms with Crippen LogP contribution < -0.4 is 24.8 Å². The van der Waals surface area contributed by atoms with Crippen LogP contribution in [0.1, 0.15) is 25.0 Å². The number of fused-ring (bicyclic) bond motifs is 1. The van der Waals surface area contributed by atoms with Gasteiger partial charge in [-0.1, -0.05) is 24.3 Å². The molecule has 7 heteroatoms. The molecule has 3 rings (SSSR count). The van der Waals surface area contributed by atoms with Gasteiger partial charge in [-0.15, -0.1) is 24.0 Å². The summed E-state index contributed by atoms with van der Waals surface area (Å²) in [5, 5.41) is 6.63. The van der Waals surface area contributed by atoms with E-state index < -0.39 is 0 Å². The zero-order valence-corrected chi connectivity index (χ0v) is 18.0. The van der Waals surface area contributed by atoms with Crippen molar-refractivity contribution in [3.05, 3.63) is 53.6 Å². The number of aliphatic imine (C=N–C) groups is 1. The van der Waals surface area contributed by atoms with Gasteiger partial charge in [-0.25, -0.2) is 4.99 Å². The maximum absolute atomic E-state index is 5.68. The molecule has 1 heterocycles. The summed E-state index contributed by atoms with van der Waals surface area (Å²) in [7, 11) is 0. The summed E-state index contributed by atoms with van der Waals surface area (Å²) in [6.45, 7) is 6.95. The number of nitrogens with one attached hydrogen (secondary N) is 2. The lowest BCUT2D eigenvalue weighted by atomic mass is 10.2. The van der Waals surface area contributed by atoms with Crippen LogP contribution >= 0.6 is 24.0 Å². The number of benzene rings is 2. The van der Waals surface area contributed by atoms with E-state index in [4.69, 9.17) is 14.2 Å². The molecule has 0 spiro atoms. The summed E-state index contributed by atoms with van der Waals surface area (Å²) in [6, 6.07) is 13.9. The maximum atomic E-state index is 5.68. The van der Waals surface area contributed by atoms with Crippen LogP contribution in [0.25, 0.3) is 0 Å². The monoisotopic (exact) mass is 483 g/mol. The van der Waals surface area contributed by atoms with E-state index in [1.807, 2.05) is 50.2 Å². The van der Waals surface area contributed by atoms with Crippen molar-refractivity contribution in [2.24, 2.45) is 4.99 Å². The molecule has 0 unspecified atom stereocenters. The number of ether oxygens (including phenoxy) is 3. The SMILES string of the molecule is CCNC(=NCc1ccc2c(c1)OCO2)NCc1ccccc1OCC.I. The highest BCUT2D eigenvalue weighted by Crippen LogP contribution is 2.32. The first-order chi connectivity index (χ1) is 12.8. The summed E-state index contributed by atoms with van der Waals surface area (Å²) in [5.41, 5.74) is 2.17. The van der Waals surface area contributed by atoms with Crippen molar-refractivity contribution in [3.63, 3.8) is 0 Å². The third kappa shape index (κ3) is 5.92. The smallest absolute Gasteiger partial charge is 0.231 e. The minimum Gasteiger partial charge on any atom is -0.494 e. The lowest BCUT2D eigenvalue weighted by Crippen LogP contribution is -2.36. The van der Waals surface area contributed by atoms with Crippen LogP contribution in [0.3, 0.4) is 0 Å². The maximum Gasteiger partial charge on any atom is 0.231 e. The first kappa shape index (κ1) is 21.1. The van der Waals surface area contributed by atoms with Gasteiger partial charge in [-0.2, -0.15) is 0 Å². The van der Waals surface area contributed by atoms with Gasteiger partial charge in [0.15, 0.2) is 17.5 Å². The molecule has 0 aromatic heterocycles. The van der Waals surface area contributed by atoms with Gasteiger partial charge in [0.25, 0.3) is 0 Å². The van der Waals surface area contributed by atoms with E-state index in [-0.39, 0.29) is 30.8 Å². The Labute approximate surface area is 177 Å². The molecular formula is C20H26IN3O3. The number of halogens is 1. The molecule has 0 fully saturated rings. The van der Waals surface area contributed by atoms with Gasteiger partial charge in [-0.3, -0.25) is 0 Å². The van der Waals surface area contributed by atoms with Crippen LogP contribution in [0.5, 0.6) is 17.2 Å². The minimum absolute atomic E-state index is 0. The largest absolute Gasteiger partial charge is 0.494 e. The molecule has 0 atom stereocenters. The molecule has 1 aliphatic heterocycles. The molecule has 2 aromatic rings. The highest BCUT2D eigenvalue weighted by Gasteiger charge is 2.13. The predicted octanol–water partition coefficient (Wildman–Crippen LogP) is 3.69. The van der Waals surface area contributed by atoms with Crippen molar-refractivity contribution >= 4 is 29.9 Å². The van der Waals surface area contributed by atoms with E-state index in [0.717, 1.165) is 40.9 Å². The lowest BCUT2D eigenvalue weighted by Gasteiger charge is -2.14. The second-order valence-electron chi connectivity index (χ2n) is 5.78. The number of hydrogen-bond donors (Lipinski definition) is 2. The van der Waals surface area contributed by atoms with E-state index in [1.54, 1.807) is 0 Å². The topological polar surface area (TPSA) is 64.1 Å². The van der Waals surface area contributed by atoms with E-state index in [9.17, 15) is 0 Å². The number of hydrogen-bond acceptors (Lipinski definition) is 4. The highest BCUT2D eigenvalue weighted by atomic mass is 127. The van der Waals surface area contributed by atoms with Crippen LogP contribution in [-0.4, -0.2) is 25.9 Å². The van der Waals surface area contributed by atoms with Crippen LogP contribution in [0, 0.1) is 0 Å². The Morgan fingerprint density at radius 3 is 2.70 bits per heavy atom. The molecule has 0 radical (unpaired) electrons. The Balaban J connectivity index is 0.00000261. The summed E-state index contributed by atoms with van der Waals surface area (Å²) in [4.78, 5) is 4.66. The van der Waals surface area contributed by atoms with Gasteiger partial charge in [0.05, 0.1) is 13.2 Å². The van der Waals surface area contributed by atoms with Crippen molar-refractivity contribution in [2.75, 3.05) is 19.9 Å². The lowest BCUT2D eigenvalue weighted by molar-refractivity contribution is 0.174. The molecule has 0 saturated carbocycles. The molecule has 1 aliphatic rings.